The van der Waals surface area contributed by atoms with E-state index >= 15 is 0 Å². The summed E-state index contributed by atoms with van der Waals surface area (Å²) < 4.78 is 68.7. The third-order valence-electron chi connectivity index (χ3n) is 5.30. The molecule has 1 aliphatic heterocycles. The fourth-order valence-corrected chi connectivity index (χ4v) is 5.14. The standard InChI is InChI=1S/C20H21F3N4O3S/c1-2-18-15-9-12(24-13-10-16(21)20(23)17(22)11-13)3-4-19(15)27(25-18)31(29,30)26-7-5-14(28)6-8-26/h3-4,9-11,14,24,28H,2,5-8H2,1H3. The monoisotopic (exact) mass is 454 g/mol. The number of fused-ring (bicyclic) bond motifs is 1. The normalized spacial score (nSPS) is 16.2. The summed E-state index contributed by atoms with van der Waals surface area (Å²) in [6, 6.07) is 6.40. The highest BCUT2D eigenvalue weighted by Crippen LogP contribution is 2.28. The Kier molecular flexibility index (Phi) is 5.67. The minimum absolute atomic E-state index is 0.0145. The van der Waals surface area contributed by atoms with Crippen LogP contribution in [0, 0.1) is 17.5 Å². The number of aliphatic hydroxyl groups excluding tert-OH is 1. The van der Waals surface area contributed by atoms with Crippen molar-refractivity contribution >= 4 is 32.5 Å². The molecule has 2 aromatic carbocycles. The average Bonchev–Trinajstić information content (AvgIpc) is 3.11. The molecule has 2 heterocycles. The van der Waals surface area contributed by atoms with E-state index in [-0.39, 0.29) is 18.8 Å². The van der Waals surface area contributed by atoms with Gasteiger partial charge in [0.2, 0.25) is 0 Å². The van der Waals surface area contributed by atoms with Crippen molar-refractivity contribution in [1.29, 1.82) is 0 Å². The summed E-state index contributed by atoms with van der Waals surface area (Å²) in [7, 11) is -3.92. The Morgan fingerprint density at radius 2 is 1.74 bits per heavy atom. The van der Waals surface area contributed by atoms with Crippen LogP contribution in [0.25, 0.3) is 10.9 Å². The maximum atomic E-state index is 13.5. The molecule has 166 valence electrons. The quantitative estimate of drug-likeness (QED) is 0.578. The smallest absolute Gasteiger partial charge is 0.323 e. The van der Waals surface area contributed by atoms with Crippen LogP contribution in [0.4, 0.5) is 24.5 Å². The van der Waals surface area contributed by atoms with Gasteiger partial charge in [0, 0.05) is 42.0 Å². The largest absolute Gasteiger partial charge is 0.393 e. The zero-order valence-electron chi connectivity index (χ0n) is 16.6. The number of anilines is 2. The van der Waals surface area contributed by atoms with Crippen molar-refractivity contribution in [2.24, 2.45) is 0 Å². The Labute approximate surface area is 177 Å². The zero-order valence-corrected chi connectivity index (χ0v) is 17.5. The number of rotatable bonds is 5. The number of halogens is 3. The van der Waals surface area contributed by atoms with E-state index in [9.17, 15) is 26.7 Å². The molecule has 1 aromatic heterocycles. The van der Waals surface area contributed by atoms with Gasteiger partial charge in [-0.25, -0.2) is 13.2 Å². The zero-order chi connectivity index (χ0) is 22.3. The Bertz CT molecular complexity index is 1210. The molecule has 1 saturated heterocycles. The van der Waals surface area contributed by atoms with Gasteiger partial charge in [-0.1, -0.05) is 6.92 Å². The van der Waals surface area contributed by atoms with Crippen molar-refractivity contribution in [1.82, 2.24) is 13.5 Å². The molecule has 7 nitrogen and oxygen atoms in total. The van der Waals surface area contributed by atoms with Crippen LogP contribution in [-0.4, -0.2) is 46.2 Å². The van der Waals surface area contributed by atoms with Gasteiger partial charge in [-0.15, -0.1) is 4.09 Å². The minimum Gasteiger partial charge on any atom is -0.393 e. The number of piperidine rings is 1. The molecule has 3 aromatic rings. The molecule has 0 radical (unpaired) electrons. The number of nitrogens with zero attached hydrogens (tertiary/aromatic N) is 3. The number of hydrogen-bond acceptors (Lipinski definition) is 5. The molecule has 0 saturated carbocycles. The fourth-order valence-electron chi connectivity index (χ4n) is 3.64. The van der Waals surface area contributed by atoms with Gasteiger partial charge in [0.05, 0.1) is 17.3 Å². The van der Waals surface area contributed by atoms with E-state index in [1.165, 1.54) is 4.31 Å². The van der Waals surface area contributed by atoms with Gasteiger partial charge in [0.25, 0.3) is 0 Å². The first-order valence-corrected chi connectivity index (χ1v) is 11.2. The van der Waals surface area contributed by atoms with Crippen LogP contribution in [0.15, 0.2) is 30.3 Å². The highest BCUT2D eigenvalue weighted by Gasteiger charge is 2.31. The van der Waals surface area contributed by atoms with Gasteiger partial charge in [-0.2, -0.15) is 17.8 Å². The number of nitrogens with one attached hydrogen (secondary N) is 1. The number of aromatic nitrogens is 2. The fraction of sp³-hybridized carbons (Fsp3) is 0.350. The van der Waals surface area contributed by atoms with E-state index in [2.05, 4.69) is 10.4 Å². The Hall–Kier alpha value is -2.63. The van der Waals surface area contributed by atoms with E-state index in [1.807, 2.05) is 6.92 Å². The Morgan fingerprint density at radius 1 is 1.10 bits per heavy atom. The average molecular weight is 454 g/mol. The summed E-state index contributed by atoms with van der Waals surface area (Å²) in [6.45, 7) is 2.24. The summed E-state index contributed by atoms with van der Waals surface area (Å²) in [5.41, 5.74) is 1.35. The summed E-state index contributed by atoms with van der Waals surface area (Å²) in [4.78, 5) is 0. The molecule has 1 fully saturated rings. The van der Waals surface area contributed by atoms with E-state index in [4.69, 9.17) is 0 Å². The van der Waals surface area contributed by atoms with Crippen molar-refractivity contribution in [3.8, 4) is 0 Å². The SMILES string of the molecule is CCc1nn(S(=O)(=O)N2CCC(O)CC2)c2ccc(Nc3cc(F)c(F)c(F)c3)cc12. The molecule has 0 atom stereocenters. The van der Waals surface area contributed by atoms with Crippen molar-refractivity contribution < 1.29 is 26.7 Å². The van der Waals surface area contributed by atoms with Gasteiger partial charge < -0.3 is 10.4 Å². The first-order valence-electron chi connectivity index (χ1n) is 9.82. The molecule has 2 N–H and O–H groups in total. The molecule has 4 rings (SSSR count). The summed E-state index contributed by atoms with van der Waals surface area (Å²) >= 11 is 0. The van der Waals surface area contributed by atoms with E-state index < -0.39 is 33.8 Å². The first-order chi connectivity index (χ1) is 14.7. The van der Waals surface area contributed by atoms with Crippen LogP contribution in [-0.2, 0) is 16.6 Å². The van der Waals surface area contributed by atoms with Crippen LogP contribution < -0.4 is 5.32 Å². The highest BCUT2D eigenvalue weighted by atomic mass is 32.2. The van der Waals surface area contributed by atoms with E-state index in [0.29, 0.717) is 41.5 Å². The van der Waals surface area contributed by atoms with E-state index in [1.54, 1.807) is 18.2 Å². The topological polar surface area (TPSA) is 87.5 Å². The first kappa shape index (κ1) is 21.6. The molecular formula is C20H21F3N4O3S. The van der Waals surface area contributed by atoms with Crippen LogP contribution >= 0.6 is 0 Å². The maximum absolute atomic E-state index is 13.5. The Balaban J connectivity index is 1.71. The van der Waals surface area contributed by atoms with Crippen LogP contribution in [0.3, 0.4) is 0 Å². The number of aliphatic hydroxyl groups is 1. The summed E-state index contributed by atoms with van der Waals surface area (Å²) in [5.74, 6) is -4.18. The lowest BCUT2D eigenvalue weighted by molar-refractivity contribution is 0.112. The Morgan fingerprint density at radius 3 is 2.35 bits per heavy atom. The third kappa shape index (κ3) is 4.00. The van der Waals surface area contributed by atoms with Gasteiger partial charge in [0.15, 0.2) is 17.5 Å². The molecule has 0 aliphatic carbocycles. The van der Waals surface area contributed by atoms with Crippen molar-refractivity contribution in [2.45, 2.75) is 32.3 Å². The van der Waals surface area contributed by atoms with Gasteiger partial charge in [-0.3, -0.25) is 0 Å². The number of aryl methyl sites for hydroxylation is 1. The molecule has 31 heavy (non-hydrogen) atoms. The highest BCUT2D eigenvalue weighted by molar-refractivity contribution is 7.87. The van der Waals surface area contributed by atoms with Gasteiger partial charge in [0.1, 0.15) is 0 Å². The minimum atomic E-state index is -3.92. The predicted octanol–water partition coefficient (Wildman–Crippen LogP) is 3.31. The second-order valence-corrected chi connectivity index (χ2v) is 9.15. The lowest BCUT2D eigenvalue weighted by Gasteiger charge is -2.28. The lowest BCUT2D eigenvalue weighted by atomic mass is 10.1. The number of hydrogen-bond donors (Lipinski definition) is 2. The summed E-state index contributed by atoms with van der Waals surface area (Å²) in [5, 5.41) is 17.3. The van der Waals surface area contributed by atoms with Crippen LogP contribution in [0.1, 0.15) is 25.5 Å². The van der Waals surface area contributed by atoms with Crippen molar-refractivity contribution in [2.75, 3.05) is 18.4 Å². The second-order valence-electron chi connectivity index (χ2n) is 7.39. The van der Waals surface area contributed by atoms with Crippen LogP contribution in [0.5, 0.6) is 0 Å². The summed E-state index contributed by atoms with van der Waals surface area (Å²) in [6.07, 6.45) is 0.665. The molecule has 0 unspecified atom stereocenters. The van der Waals surface area contributed by atoms with E-state index in [0.717, 1.165) is 16.2 Å². The number of benzene rings is 2. The lowest BCUT2D eigenvalue weighted by Crippen LogP contribution is -2.43. The van der Waals surface area contributed by atoms with Crippen molar-refractivity contribution in [3.05, 3.63) is 53.5 Å². The third-order valence-corrected chi connectivity index (χ3v) is 7.03. The molecule has 0 spiro atoms. The van der Waals surface area contributed by atoms with Gasteiger partial charge >= 0.3 is 10.2 Å². The van der Waals surface area contributed by atoms with Crippen LogP contribution in [0.2, 0.25) is 0 Å². The van der Waals surface area contributed by atoms with Crippen molar-refractivity contribution in [3.63, 3.8) is 0 Å². The molecule has 1 aliphatic rings. The molecular weight excluding hydrogens is 433 g/mol. The molecule has 11 heteroatoms. The predicted molar refractivity (Wildman–Crippen MR) is 110 cm³/mol. The second kappa shape index (κ2) is 8.13. The maximum Gasteiger partial charge on any atom is 0.323 e. The van der Waals surface area contributed by atoms with Gasteiger partial charge in [-0.05, 0) is 37.5 Å². The molecule has 0 bridgehead atoms. The molecule has 0 amide bonds.